The Hall–Kier alpha value is -1.08. The molecule has 1 aliphatic heterocycles. The van der Waals surface area contributed by atoms with Gasteiger partial charge in [0.1, 0.15) is 0 Å². The molecule has 2 aromatic rings. The summed E-state index contributed by atoms with van der Waals surface area (Å²) in [5.74, 6) is 1.000. The molecule has 4 nitrogen and oxygen atoms in total. The van der Waals surface area contributed by atoms with Crippen LogP contribution in [-0.4, -0.2) is 28.7 Å². The summed E-state index contributed by atoms with van der Waals surface area (Å²) in [6.07, 6.45) is 5.24. The number of benzene rings is 1. The van der Waals surface area contributed by atoms with Gasteiger partial charge in [-0.05, 0) is 44.5 Å². The van der Waals surface area contributed by atoms with E-state index in [1.54, 1.807) is 0 Å². The summed E-state index contributed by atoms with van der Waals surface area (Å²) in [5.41, 5.74) is 2.26. The summed E-state index contributed by atoms with van der Waals surface area (Å²) >= 11 is 0. The number of hydrogen-bond acceptors (Lipinski definition) is 3. The molecular weight excluding hydrogens is 375 g/mol. The molecule has 1 saturated heterocycles. The third-order valence-electron chi connectivity index (χ3n) is 3.88. The largest absolute Gasteiger partial charge is 0.353 e. The number of allylic oxidation sites excluding steroid dienone is 1. The van der Waals surface area contributed by atoms with E-state index in [9.17, 15) is 0 Å². The topological polar surface area (TPSA) is 41.9 Å². The predicted molar refractivity (Wildman–Crippen MR) is 99.5 cm³/mol. The van der Waals surface area contributed by atoms with Crippen LogP contribution < -0.4 is 10.6 Å². The monoisotopic (exact) mass is 398 g/mol. The van der Waals surface area contributed by atoms with Gasteiger partial charge in [0.2, 0.25) is 5.95 Å². The second-order valence-corrected chi connectivity index (χ2v) is 5.32. The molecule has 2 N–H and O–H groups in total. The standard InChI is InChI=1S/C16H22N4.HI/c1-2-3-12-20-15-7-5-4-6-14(15)19-16(20)18-13-8-10-17-11-9-13;/h2,4-7,13,17H,1,3,8-12H2,(H,18,19);1H. The Morgan fingerprint density at radius 3 is 2.86 bits per heavy atom. The van der Waals surface area contributed by atoms with Gasteiger partial charge < -0.3 is 15.2 Å². The molecule has 1 fully saturated rings. The average Bonchev–Trinajstić information content (AvgIpc) is 2.83. The first-order valence-electron chi connectivity index (χ1n) is 7.42. The highest BCUT2D eigenvalue weighted by molar-refractivity contribution is 14.0. The Labute approximate surface area is 143 Å². The van der Waals surface area contributed by atoms with Gasteiger partial charge >= 0.3 is 0 Å². The number of rotatable bonds is 5. The van der Waals surface area contributed by atoms with E-state index in [0.717, 1.165) is 50.4 Å². The Bertz CT molecular complexity index is 587. The number of hydrogen-bond donors (Lipinski definition) is 2. The average molecular weight is 398 g/mol. The fraction of sp³-hybridized carbons (Fsp3) is 0.438. The fourth-order valence-corrected chi connectivity index (χ4v) is 2.78. The number of imidazole rings is 1. The molecule has 0 amide bonds. The maximum atomic E-state index is 4.76. The molecule has 0 saturated carbocycles. The molecule has 1 aromatic carbocycles. The molecule has 0 bridgehead atoms. The number of halogens is 1. The third-order valence-corrected chi connectivity index (χ3v) is 3.88. The van der Waals surface area contributed by atoms with Crippen molar-refractivity contribution in [2.75, 3.05) is 18.4 Å². The van der Waals surface area contributed by atoms with Crippen molar-refractivity contribution in [1.29, 1.82) is 0 Å². The van der Waals surface area contributed by atoms with E-state index in [0.29, 0.717) is 6.04 Å². The van der Waals surface area contributed by atoms with Crippen LogP contribution in [0.2, 0.25) is 0 Å². The van der Waals surface area contributed by atoms with Crippen LogP contribution in [0.15, 0.2) is 36.9 Å². The van der Waals surface area contributed by atoms with Crippen molar-refractivity contribution in [3.05, 3.63) is 36.9 Å². The van der Waals surface area contributed by atoms with E-state index in [2.05, 4.69) is 40.0 Å². The maximum Gasteiger partial charge on any atom is 0.204 e. The molecular formula is C16H23IN4. The van der Waals surface area contributed by atoms with Crippen LogP contribution in [0.1, 0.15) is 19.3 Å². The van der Waals surface area contributed by atoms with Crippen molar-refractivity contribution in [3.63, 3.8) is 0 Å². The van der Waals surface area contributed by atoms with Crippen molar-refractivity contribution < 1.29 is 0 Å². The molecule has 3 rings (SSSR count). The number of aromatic nitrogens is 2. The minimum absolute atomic E-state index is 0. The molecule has 1 aliphatic rings. The number of piperidine rings is 1. The second kappa shape index (κ2) is 7.79. The van der Waals surface area contributed by atoms with Crippen LogP contribution in [0.3, 0.4) is 0 Å². The summed E-state index contributed by atoms with van der Waals surface area (Å²) in [6, 6.07) is 8.85. The summed E-state index contributed by atoms with van der Waals surface area (Å²) < 4.78 is 2.28. The van der Waals surface area contributed by atoms with E-state index in [1.165, 1.54) is 5.52 Å². The molecule has 2 heterocycles. The van der Waals surface area contributed by atoms with E-state index in [-0.39, 0.29) is 24.0 Å². The lowest BCUT2D eigenvalue weighted by Gasteiger charge is -2.24. The zero-order valence-electron chi connectivity index (χ0n) is 12.2. The maximum absolute atomic E-state index is 4.76. The Morgan fingerprint density at radius 1 is 1.33 bits per heavy atom. The Kier molecular flexibility index (Phi) is 6.05. The van der Waals surface area contributed by atoms with E-state index < -0.39 is 0 Å². The number of fused-ring (bicyclic) bond motifs is 1. The summed E-state index contributed by atoms with van der Waals surface area (Å²) in [4.78, 5) is 4.76. The second-order valence-electron chi connectivity index (χ2n) is 5.32. The number of nitrogens with one attached hydrogen (secondary N) is 2. The number of nitrogens with zero attached hydrogens (tertiary/aromatic N) is 2. The molecule has 1 aromatic heterocycles. The van der Waals surface area contributed by atoms with Gasteiger partial charge in [0.25, 0.3) is 0 Å². The Balaban J connectivity index is 0.00000161. The van der Waals surface area contributed by atoms with E-state index in [1.807, 2.05) is 12.1 Å². The third kappa shape index (κ3) is 3.77. The van der Waals surface area contributed by atoms with Crippen molar-refractivity contribution in [2.45, 2.75) is 31.8 Å². The quantitative estimate of drug-likeness (QED) is 0.600. The lowest BCUT2D eigenvalue weighted by molar-refractivity contribution is 0.475. The molecule has 0 radical (unpaired) electrons. The van der Waals surface area contributed by atoms with Crippen LogP contribution in [0.25, 0.3) is 11.0 Å². The minimum Gasteiger partial charge on any atom is -0.353 e. The van der Waals surface area contributed by atoms with Gasteiger partial charge in [-0.15, -0.1) is 30.6 Å². The minimum atomic E-state index is 0. The lowest BCUT2D eigenvalue weighted by Crippen LogP contribution is -2.36. The van der Waals surface area contributed by atoms with Crippen molar-refractivity contribution in [1.82, 2.24) is 14.9 Å². The molecule has 0 unspecified atom stereocenters. The molecule has 114 valence electrons. The number of aryl methyl sites for hydroxylation is 1. The van der Waals surface area contributed by atoms with Crippen LogP contribution in [0.5, 0.6) is 0 Å². The molecule has 0 spiro atoms. The summed E-state index contributed by atoms with van der Waals surface area (Å²) in [7, 11) is 0. The lowest BCUT2D eigenvalue weighted by atomic mass is 10.1. The summed E-state index contributed by atoms with van der Waals surface area (Å²) in [6.45, 7) is 6.93. The zero-order valence-corrected chi connectivity index (χ0v) is 14.5. The van der Waals surface area contributed by atoms with Crippen molar-refractivity contribution >= 4 is 41.0 Å². The molecule has 21 heavy (non-hydrogen) atoms. The Morgan fingerprint density at radius 2 is 2.10 bits per heavy atom. The zero-order chi connectivity index (χ0) is 13.8. The first kappa shape index (κ1) is 16.3. The highest BCUT2D eigenvalue weighted by Crippen LogP contribution is 2.22. The van der Waals surface area contributed by atoms with Crippen molar-refractivity contribution in [3.8, 4) is 0 Å². The molecule has 0 aliphatic carbocycles. The van der Waals surface area contributed by atoms with Crippen molar-refractivity contribution in [2.24, 2.45) is 0 Å². The van der Waals surface area contributed by atoms with Gasteiger partial charge in [0.05, 0.1) is 11.0 Å². The van der Waals surface area contributed by atoms with Gasteiger partial charge in [-0.3, -0.25) is 0 Å². The predicted octanol–water partition coefficient (Wildman–Crippen LogP) is 3.39. The van der Waals surface area contributed by atoms with Crippen LogP contribution in [-0.2, 0) is 6.54 Å². The van der Waals surface area contributed by atoms with Crippen LogP contribution in [0, 0.1) is 0 Å². The molecule has 0 atom stereocenters. The first-order chi connectivity index (χ1) is 9.88. The highest BCUT2D eigenvalue weighted by Gasteiger charge is 2.16. The smallest absolute Gasteiger partial charge is 0.204 e. The highest BCUT2D eigenvalue weighted by atomic mass is 127. The van der Waals surface area contributed by atoms with Gasteiger partial charge in [0.15, 0.2) is 0 Å². The molecule has 5 heteroatoms. The number of anilines is 1. The van der Waals surface area contributed by atoms with E-state index in [4.69, 9.17) is 4.98 Å². The van der Waals surface area contributed by atoms with Crippen LogP contribution >= 0.6 is 24.0 Å². The van der Waals surface area contributed by atoms with Crippen LogP contribution in [0.4, 0.5) is 5.95 Å². The van der Waals surface area contributed by atoms with Gasteiger partial charge in [-0.25, -0.2) is 4.98 Å². The first-order valence-corrected chi connectivity index (χ1v) is 7.42. The van der Waals surface area contributed by atoms with E-state index >= 15 is 0 Å². The fourth-order valence-electron chi connectivity index (χ4n) is 2.78. The van der Waals surface area contributed by atoms with Gasteiger partial charge in [-0.2, -0.15) is 0 Å². The summed E-state index contributed by atoms with van der Waals surface area (Å²) in [5, 5.41) is 7.02. The number of para-hydroxylation sites is 2. The van der Waals surface area contributed by atoms with Gasteiger partial charge in [-0.1, -0.05) is 18.2 Å². The van der Waals surface area contributed by atoms with Gasteiger partial charge in [0, 0.05) is 12.6 Å². The SMILES string of the molecule is C=CCCn1c(NC2CCNCC2)nc2ccccc21.I. The normalized spacial score (nSPS) is 15.6.